The normalized spacial score (nSPS) is 12.4. The monoisotopic (exact) mass is 231 g/mol. The number of nitrogens with two attached hydrogens (primary N) is 1. The molecule has 1 aromatic heterocycles. The number of hydrogen-bond donors (Lipinski definition) is 1. The molecule has 2 N–H and O–H groups in total. The zero-order valence-electron chi connectivity index (χ0n) is 10.1. The Balaban J connectivity index is 2.05. The summed E-state index contributed by atoms with van der Waals surface area (Å²) >= 11 is 0. The highest BCUT2D eigenvalue weighted by Crippen LogP contribution is 2.14. The van der Waals surface area contributed by atoms with Gasteiger partial charge < -0.3 is 15.0 Å². The van der Waals surface area contributed by atoms with Crippen molar-refractivity contribution in [3.05, 3.63) is 48.0 Å². The molecule has 17 heavy (non-hydrogen) atoms. The first kappa shape index (κ1) is 11.7. The molecule has 4 nitrogen and oxygen atoms in total. The van der Waals surface area contributed by atoms with Crippen LogP contribution in [0.3, 0.4) is 0 Å². The predicted molar refractivity (Wildman–Crippen MR) is 66.6 cm³/mol. The second-order valence-corrected chi connectivity index (χ2v) is 4.05. The van der Waals surface area contributed by atoms with Crippen LogP contribution < -0.4 is 10.5 Å². The standard InChI is InChI=1S/C13H17N3O/c1-10(14)12-8-15-13(16(12)2)9-17-11-6-4-3-5-7-11/h3-8,10H,9,14H2,1-2H3. The fraction of sp³-hybridized carbons (Fsp3) is 0.308. The van der Waals surface area contributed by atoms with Crippen LogP contribution in [0.5, 0.6) is 5.75 Å². The smallest absolute Gasteiger partial charge is 0.146 e. The second-order valence-electron chi connectivity index (χ2n) is 4.05. The molecule has 0 aliphatic rings. The van der Waals surface area contributed by atoms with Crippen molar-refractivity contribution in [3.8, 4) is 5.75 Å². The highest BCUT2D eigenvalue weighted by molar-refractivity contribution is 5.21. The first-order chi connectivity index (χ1) is 8.18. The number of nitrogens with zero attached hydrogens (tertiary/aromatic N) is 2. The van der Waals surface area contributed by atoms with Gasteiger partial charge in [0, 0.05) is 13.1 Å². The Morgan fingerprint density at radius 2 is 2.06 bits per heavy atom. The van der Waals surface area contributed by atoms with Crippen molar-refractivity contribution in [1.82, 2.24) is 9.55 Å². The average Bonchev–Trinajstić information content (AvgIpc) is 2.69. The summed E-state index contributed by atoms with van der Waals surface area (Å²) in [6, 6.07) is 9.69. The van der Waals surface area contributed by atoms with Gasteiger partial charge in [0.25, 0.3) is 0 Å². The van der Waals surface area contributed by atoms with Gasteiger partial charge >= 0.3 is 0 Å². The Morgan fingerprint density at radius 1 is 1.35 bits per heavy atom. The predicted octanol–water partition coefficient (Wildman–Crippen LogP) is 2.02. The Kier molecular flexibility index (Phi) is 3.44. The maximum atomic E-state index is 5.83. The molecule has 4 heteroatoms. The largest absolute Gasteiger partial charge is 0.486 e. The van der Waals surface area contributed by atoms with E-state index in [1.165, 1.54) is 0 Å². The van der Waals surface area contributed by atoms with Crippen molar-refractivity contribution in [3.63, 3.8) is 0 Å². The van der Waals surface area contributed by atoms with Crippen LogP contribution in [0.2, 0.25) is 0 Å². The lowest BCUT2D eigenvalue weighted by Crippen LogP contribution is -2.12. The molecule has 0 radical (unpaired) electrons. The van der Waals surface area contributed by atoms with Crippen LogP contribution >= 0.6 is 0 Å². The summed E-state index contributed by atoms with van der Waals surface area (Å²) in [6.07, 6.45) is 1.80. The van der Waals surface area contributed by atoms with E-state index >= 15 is 0 Å². The fourth-order valence-corrected chi connectivity index (χ4v) is 1.68. The van der Waals surface area contributed by atoms with Gasteiger partial charge in [-0.3, -0.25) is 0 Å². The summed E-state index contributed by atoms with van der Waals surface area (Å²) in [5.41, 5.74) is 6.84. The number of imidazole rings is 1. The highest BCUT2D eigenvalue weighted by Gasteiger charge is 2.09. The molecule has 0 spiro atoms. The van der Waals surface area contributed by atoms with E-state index in [9.17, 15) is 0 Å². The van der Waals surface area contributed by atoms with Gasteiger partial charge in [-0.1, -0.05) is 18.2 Å². The van der Waals surface area contributed by atoms with Crippen LogP contribution in [-0.2, 0) is 13.7 Å². The van der Waals surface area contributed by atoms with Gasteiger partial charge in [0.2, 0.25) is 0 Å². The summed E-state index contributed by atoms with van der Waals surface area (Å²) in [6.45, 7) is 2.39. The second kappa shape index (κ2) is 5.01. The van der Waals surface area contributed by atoms with Crippen molar-refractivity contribution >= 4 is 0 Å². The molecule has 0 saturated heterocycles. The van der Waals surface area contributed by atoms with E-state index in [1.54, 1.807) is 6.20 Å². The van der Waals surface area contributed by atoms with E-state index in [0.717, 1.165) is 17.3 Å². The molecule has 1 unspecified atom stereocenters. The molecular weight excluding hydrogens is 214 g/mol. The molecule has 2 rings (SSSR count). The fourth-order valence-electron chi connectivity index (χ4n) is 1.68. The number of benzene rings is 1. The molecule has 0 aliphatic heterocycles. The molecule has 0 saturated carbocycles. The Hall–Kier alpha value is -1.81. The van der Waals surface area contributed by atoms with E-state index < -0.39 is 0 Å². The van der Waals surface area contributed by atoms with E-state index in [1.807, 2.05) is 48.9 Å². The molecule has 0 fully saturated rings. The van der Waals surface area contributed by atoms with Gasteiger partial charge in [-0.2, -0.15) is 0 Å². The minimum Gasteiger partial charge on any atom is -0.486 e. The minimum atomic E-state index is -0.0158. The topological polar surface area (TPSA) is 53.1 Å². The van der Waals surface area contributed by atoms with Crippen LogP contribution in [0.4, 0.5) is 0 Å². The Morgan fingerprint density at radius 3 is 2.65 bits per heavy atom. The van der Waals surface area contributed by atoms with Crippen LogP contribution in [0.1, 0.15) is 24.5 Å². The van der Waals surface area contributed by atoms with Crippen molar-refractivity contribution in [2.75, 3.05) is 0 Å². The van der Waals surface area contributed by atoms with Crippen LogP contribution in [0, 0.1) is 0 Å². The Labute approximate surface area is 101 Å². The first-order valence-electron chi connectivity index (χ1n) is 5.62. The molecule has 90 valence electrons. The molecule has 0 aliphatic carbocycles. The molecule has 0 bridgehead atoms. The summed E-state index contributed by atoms with van der Waals surface area (Å²) in [5.74, 6) is 1.72. The molecule has 1 aromatic carbocycles. The molecular formula is C13H17N3O. The van der Waals surface area contributed by atoms with Crippen molar-refractivity contribution in [1.29, 1.82) is 0 Å². The molecule has 1 atom stereocenters. The Bertz CT molecular complexity index is 477. The van der Waals surface area contributed by atoms with E-state index in [4.69, 9.17) is 10.5 Å². The number of para-hydroxylation sites is 1. The highest BCUT2D eigenvalue weighted by atomic mass is 16.5. The average molecular weight is 231 g/mol. The van der Waals surface area contributed by atoms with Gasteiger partial charge in [-0.25, -0.2) is 4.98 Å². The lowest BCUT2D eigenvalue weighted by atomic mass is 10.3. The van der Waals surface area contributed by atoms with Gasteiger partial charge in [-0.15, -0.1) is 0 Å². The van der Waals surface area contributed by atoms with Crippen LogP contribution in [0.15, 0.2) is 36.5 Å². The van der Waals surface area contributed by atoms with Crippen molar-refractivity contribution < 1.29 is 4.74 Å². The SMILES string of the molecule is CC(N)c1cnc(COc2ccccc2)n1C. The van der Waals surface area contributed by atoms with Crippen LogP contribution in [0.25, 0.3) is 0 Å². The molecule has 0 amide bonds. The number of hydrogen-bond acceptors (Lipinski definition) is 3. The molecule has 2 aromatic rings. The number of ether oxygens (including phenoxy) is 1. The third-order valence-electron chi connectivity index (χ3n) is 2.70. The summed E-state index contributed by atoms with van der Waals surface area (Å²) in [5, 5.41) is 0. The van der Waals surface area contributed by atoms with Crippen molar-refractivity contribution in [2.45, 2.75) is 19.6 Å². The lowest BCUT2D eigenvalue weighted by Gasteiger charge is -2.09. The molecule has 1 heterocycles. The summed E-state index contributed by atoms with van der Waals surface area (Å²) in [7, 11) is 1.95. The summed E-state index contributed by atoms with van der Waals surface area (Å²) in [4.78, 5) is 4.31. The van der Waals surface area contributed by atoms with Crippen LogP contribution in [-0.4, -0.2) is 9.55 Å². The lowest BCUT2D eigenvalue weighted by molar-refractivity contribution is 0.291. The van der Waals surface area contributed by atoms with E-state index in [2.05, 4.69) is 4.98 Å². The number of rotatable bonds is 4. The van der Waals surface area contributed by atoms with E-state index in [0.29, 0.717) is 6.61 Å². The van der Waals surface area contributed by atoms with Gasteiger partial charge in [0.1, 0.15) is 18.2 Å². The third kappa shape index (κ3) is 2.65. The van der Waals surface area contributed by atoms with E-state index in [-0.39, 0.29) is 6.04 Å². The maximum Gasteiger partial charge on any atom is 0.146 e. The minimum absolute atomic E-state index is 0.0158. The van der Waals surface area contributed by atoms with Gasteiger partial charge in [-0.05, 0) is 19.1 Å². The third-order valence-corrected chi connectivity index (χ3v) is 2.70. The maximum absolute atomic E-state index is 5.83. The zero-order valence-corrected chi connectivity index (χ0v) is 10.1. The summed E-state index contributed by atoms with van der Waals surface area (Å²) < 4.78 is 7.62. The zero-order chi connectivity index (χ0) is 12.3. The van der Waals surface area contributed by atoms with Gasteiger partial charge in [0.05, 0.1) is 11.9 Å². The quantitative estimate of drug-likeness (QED) is 0.875. The first-order valence-corrected chi connectivity index (χ1v) is 5.62. The number of aromatic nitrogens is 2. The van der Waals surface area contributed by atoms with Crippen molar-refractivity contribution in [2.24, 2.45) is 12.8 Å². The van der Waals surface area contributed by atoms with Gasteiger partial charge in [0.15, 0.2) is 0 Å².